The summed E-state index contributed by atoms with van der Waals surface area (Å²) in [5, 5.41) is 2.55. The summed E-state index contributed by atoms with van der Waals surface area (Å²) < 4.78 is 50.8. The van der Waals surface area contributed by atoms with E-state index in [0.29, 0.717) is 5.46 Å². The average Bonchev–Trinajstić information content (AvgIpc) is 2.56. The van der Waals surface area contributed by atoms with Gasteiger partial charge in [0.1, 0.15) is 0 Å². The quantitative estimate of drug-likeness (QED) is 0.838. The maximum absolute atomic E-state index is 13.1. The first-order chi connectivity index (χ1) is 9.48. The Kier molecular flexibility index (Phi) is 5.17. The lowest BCUT2D eigenvalue weighted by Crippen LogP contribution is -2.41. The van der Waals surface area contributed by atoms with E-state index in [1.54, 1.807) is 6.07 Å². The molecule has 8 heteroatoms. The molecule has 0 saturated carbocycles. The van der Waals surface area contributed by atoms with Gasteiger partial charge in [-0.25, -0.2) is 0 Å². The molecular weight excluding hydrogens is 317 g/mol. The van der Waals surface area contributed by atoms with Crippen molar-refractivity contribution in [3.63, 3.8) is 0 Å². The van der Waals surface area contributed by atoms with Crippen molar-refractivity contribution in [1.29, 1.82) is 0 Å². The summed E-state index contributed by atoms with van der Waals surface area (Å²) >= 11 is 0. The molecule has 0 aromatic heterocycles. The third kappa shape index (κ3) is 3.36. The minimum Gasteiger partial charge on any atom is -0.399 e. The maximum Gasteiger partial charge on any atom is 0.494 e. The summed E-state index contributed by atoms with van der Waals surface area (Å²) in [4.78, 5) is 0. The summed E-state index contributed by atoms with van der Waals surface area (Å²) in [5.41, 5.74) is -1.50. The molecule has 0 radical (unpaired) electrons. The Balaban J connectivity index is 0.00000242. The summed E-state index contributed by atoms with van der Waals surface area (Å²) in [6, 6.07) is 4.06. The molecule has 1 saturated heterocycles. The van der Waals surface area contributed by atoms with Crippen molar-refractivity contribution in [1.82, 2.24) is 0 Å². The molecule has 1 N–H and O–H groups in total. The number of benzene rings is 1. The first-order valence-electron chi connectivity index (χ1n) is 6.72. The number of rotatable bonds is 2. The van der Waals surface area contributed by atoms with Crippen LogP contribution in [0.3, 0.4) is 0 Å². The molecule has 3 nitrogen and oxygen atoms in total. The standard InChI is InChI=1S/C14H19BF3NO2.ClH/c1-12(2)13(3,4)21-15(20-12)9-6-7-11(19-5)10(8-9)14(16,17)18;/h6-8,19H,1-5H3;1H. The maximum atomic E-state index is 13.1. The van der Waals surface area contributed by atoms with Crippen LogP contribution >= 0.6 is 12.4 Å². The van der Waals surface area contributed by atoms with Gasteiger partial charge in [0.05, 0.1) is 16.8 Å². The predicted octanol–water partition coefficient (Wildman–Crippen LogP) is 3.47. The van der Waals surface area contributed by atoms with E-state index >= 15 is 0 Å². The Morgan fingerprint density at radius 1 is 1.05 bits per heavy atom. The number of halogens is 4. The first kappa shape index (κ1) is 19.1. The highest BCUT2D eigenvalue weighted by Gasteiger charge is 2.52. The smallest absolute Gasteiger partial charge is 0.399 e. The molecule has 0 atom stereocenters. The Labute approximate surface area is 135 Å². The molecule has 0 unspecified atom stereocenters. The molecule has 1 aliphatic rings. The van der Waals surface area contributed by atoms with Crippen molar-refractivity contribution in [3.8, 4) is 0 Å². The Bertz CT molecular complexity index is 533. The molecule has 1 aromatic rings. The van der Waals surface area contributed by atoms with Gasteiger partial charge in [-0.1, -0.05) is 6.07 Å². The van der Waals surface area contributed by atoms with Crippen molar-refractivity contribution in [2.75, 3.05) is 12.4 Å². The highest BCUT2D eigenvalue weighted by atomic mass is 35.5. The van der Waals surface area contributed by atoms with Gasteiger partial charge >= 0.3 is 13.3 Å². The van der Waals surface area contributed by atoms with Gasteiger partial charge in [-0.15, -0.1) is 12.4 Å². The number of alkyl halides is 3. The second-order valence-corrected chi connectivity index (χ2v) is 6.14. The lowest BCUT2D eigenvalue weighted by Gasteiger charge is -2.32. The van der Waals surface area contributed by atoms with Crippen LogP contribution in [0.1, 0.15) is 33.3 Å². The van der Waals surface area contributed by atoms with E-state index in [1.165, 1.54) is 13.1 Å². The molecule has 22 heavy (non-hydrogen) atoms. The van der Waals surface area contributed by atoms with Crippen molar-refractivity contribution < 1.29 is 22.5 Å². The first-order valence-corrected chi connectivity index (χ1v) is 6.72. The highest BCUT2D eigenvalue weighted by Crippen LogP contribution is 2.38. The number of hydrogen-bond donors (Lipinski definition) is 1. The Hall–Kier alpha value is -0.915. The van der Waals surface area contributed by atoms with Crippen LogP contribution in [-0.4, -0.2) is 25.4 Å². The van der Waals surface area contributed by atoms with E-state index in [-0.39, 0.29) is 18.1 Å². The van der Waals surface area contributed by atoms with Gasteiger partial charge in [0, 0.05) is 12.7 Å². The van der Waals surface area contributed by atoms with Crippen LogP contribution in [0.15, 0.2) is 18.2 Å². The van der Waals surface area contributed by atoms with Gasteiger partial charge in [-0.3, -0.25) is 0 Å². The van der Waals surface area contributed by atoms with Crippen LogP contribution in [0.2, 0.25) is 0 Å². The molecule has 1 aromatic carbocycles. The van der Waals surface area contributed by atoms with Crippen molar-refractivity contribution >= 4 is 30.7 Å². The van der Waals surface area contributed by atoms with E-state index in [4.69, 9.17) is 9.31 Å². The molecule has 1 aliphatic heterocycles. The number of nitrogens with one attached hydrogen (secondary N) is 1. The van der Waals surface area contributed by atoms with Crippen LogP contribution < -0.4 is 10.8 Å². The molecule has 0 bridgehead atoms. The summed E-state index contributed by atoms with van der Waals surface area (Å²) in [7, 11) is 0.654. The fraction of sp³-hybridized carbons (Fsp3) is 0.571. The zero-order valence-corrected chi connectivity index (χ0v) is 14.0. The molecule has 124 valence electrons. The van der Waals surface area contributed by atoms with Crippen molar-refractivity contribution in [2.45, 2.75) is 45.1 Å². The zero-order chi connectivity index (χ0) is 16.1. The fourth-order valence-corrected chi connectivity index (χ4v) is 2.14. The minimum absolute atomic E-state index is 0. The van der Waals surface area contributed by atoms with Gasteiger partial charge in [0.25, 0.3) is 0 Å². The number of anilines is 1. The van der Waals surface area contributed by atoms with Gasteiger partial charge in [0.15, 0.2) is 0 Å². The average molecular weight is 338 g/mol. The second-order valence-electron chi connectivity index (χ2n) is 6.14. The molecule has 1 heterocycles. The molecule has 2 rings (SSSR count). The summed E-state index contributed by atoms with van der Waals surface area (Å²) in [6.07, 6.45) is -4.43. The molecule has 0 spiro atoms. The number of hydrogen-bond acceptors (Lipinski definition) is 3. The summed E-state index contributed by atoms with van der Waals surface area (Å²) in [5.74, 6) is 0. The van der Waals surface area contributed by atoms with E-state index in [2.05, 4.69) is 5.32 Å². The van der Waals surface area contributed by atoms with Crippen molar-refractivity contribution in [3.05, 3.63) is 23.8 Å². The van der Waals surface area contributed by atoms with E-state index < -0.39 is 30.1 Å². The van der Waals surface area contributed by atoms with Crippen LogP contribution in [0.5, 0.6) is 0 Å². The van der Waals surface area contributed by atoms with Gasteiger partial charge in [-0.2, -0.15) is 13.2 Å². The Morgan fingerprint density at radius 2 is 1.55 bits per heavy atom. The monoisotopic (exact) mass is 337 g/mol. The highest BCUT2D eigenvalue weighted by molar-refractivity contribution is 6.62. The third-order valence-corrected chi connectivity index (χ3v) is 4.14. The van der Waals surface area contributed by atoms with Crippen LogP contribution in [-0.2, 0) is 15.5 Å². The van der Waals surface area contributed by atoms with Gasteiger partial charge < -0.3 is 14.6 Å². The lowest BCUT2D eigenvalue weighted by molar-refractivity contribution is -0.136. The normalized spacial score (nSPS) is 19.7. The second kappa shape index (κ2) is 5.94. The lowest BCUT2D eigenvalue weighted by atomic mass is 9.78. The van der Waals surface area contributed by atoms with Gasteiger partial charge in [-0.05, 0) is 45.3 Å². The van der Waals surface area contributed by atoms with Crippen LogP contribution in [0.4, 0.5) is 18.9 Å². The summed E-state index contributed by atoms with van der Waals surface area (Å²) in [6.45, 7) is 7.44. The molecular formula is C14H20BClF3NO2. The SMILES string of the molecule is CNc1ccc(B2OC(C)(C)C(C)(C)O2)cc1C(F)(F)F.Cl. The predicted molar refractivity (Wildman–Crippen MR) is 84.0 cm³/mol. The molecule has 0 amide bonds. The van der Waals surface area contributed by atoms with E-state index in [0.717, 1.165) is 6.07 Å². The van der Waals surface area contributed by atoms with Crippen LogP contribution in [0.25, 0.3) is 0 Å². The van der Waals surface area contributed by atoms with E-state index in [1.807, 2.05) is 27.7 Å². The zero-order valence-electron chi connectivity index (χ0n) is 13.2. The van der Waals surface area contributed by atoms with Crippen molar-refractivity contribution in [2.24, 2.45) is 0 Å². The van der Waals surface area contributed by atoms with Gasteiger partial charge in [0.2, 0.25) is 0 Å². The topological polar surface area (TPSA) is 30.5 Å². The minimum atomic E-state index is -4.43. The van der Waals surface area contributed by atoms with E-state index in [9.17, 15) is 13.2 Å². The molecule has 0 aliphatic carbocycles. The fourth-order valence-electron chi connectivity index (χ4n) is 2.14. The third-order valence-electron chi connectivity index (χ3n) is 4.14. The molecule has 1 fully saturated rings. The Morgan fingerprint density at radius 3 is 1.95 bits per heavy atom. The largest absolute Gasteiger partial charge is 0.494 e. The van der Waals surface area contributed by atoms with Crippen LogP contribution in [0, 0.1) is 0 Å².